The Balaban J connectivity index is 1.43. The van der Waals surface area contributed by atoms with E-state index in [4.69, 9.17) is 28.9 Å². The predicted molar refractivity (Wildman–Crippen MR) is 167 cm³/mol. The van der Waals surface area contributed by atoms with E-state index in [1.54, 1.807) is 66.7 Å². The van der Waals surface area contributed by atoms with Gasteiger partial charge in [-0.1, -0.05) is 47.5 Å². The number of amides is 2. The number of hydrogen-bond donors (Lipinski definition) is 3. The normalized spacial score (nSPS) is 11.7. The van der Waals surface area contributed by atoms with Gasteiger partial charge in [0, 0.05) is 33.6 Å². The minimum absolute atomic E-state index is 0.177. The molecule has 0 radical (unpaired) electrons. The van der Waals surface area contributed by atoms with Crippen molar-refractivity contribution < 1.29 is 14.3 Å². The van der Waals surface area contributed by atoms with Crippen molar-refractivity contribution in [2.75, 3.05) is 18.2 Å². The number of halogens is 2. The lowest BCUT2D eigenvalue weighted by molar-refractivity contribution is -0.117. The highest BCUT2D eigenvalue weighted by Gasteiger charge is 2.19. The number of nitrogens with one attached hydrogen (secondary N) is 2. The predicted octanol–water partition coefficient (Wildman–Crippen LogP) is 5.30. The van der Waals surface area contributed by atoms with Crippen LogP contribution in [-0.4, -0.2) is 49.5 Å². The summed E-state index contributed by atoms with van der Waals surface area (Å²) >= 11 is 12.7. The Kier molecular flexibility index (Phi) is 9.43. The first-order valence-electron chi connectivity index (χ1n) is 13.1. The fourth-order valence-corrected chi connectivity index (χ4v) is 4.69. The number of carbonyl (C=O) groups excluding carboxylic acids is 2. The number of tetrazole rings is 1. The molecule has 3 aromatic carbocycles. The average Bonchev–Trinajstić information content (AvgIpc) is 3.56. The molecule has 0 bridgehead atoms. The summed E-state index contributed by atoms with van der Waals surface area (Å²) in [7, 11) is 1.29. The largest absolute Gasteiger partial charge is 0.453 e. The van der Waals surface area contributed by atoms with Crippen molar-refractivity contribution in [1.29, 1.82) is 0 Å². The van der Waals surface area contributed by atoms with E-state index in [0.717, 1.165) is 11.1 Å². The zero-order valence-electron chi connectivity index (χ0n) is 23.2. The van der Waals surface area contributed by atoms with E-state index in [9.17, 15) is 9.59 Å². The number of aromatic nitrogens is 6. The molecule has 0 saturated carbocycles. The molecule has 2 aromatic heterocycles. The maximum absolute atomic E-state index is 13.3. The van der Waals surface area contributed by atoms with E-state index < -0.39 is 12.1 Å². The summed E-state index contributed by atoms with van der Waals surface area (Å²) < 4.78 is 6.11. The Morgan fingerprint density at radius 2 is 1.80 bits per heavy atom. The minimum atomic E-state index is -0.585. The third kappa shape index (κ3) is 7.54. The van der Waals surface area contributed by atoms with Crippen molar-refractivity contribution in [3.63, 3.8) is 0 Å². The van der Waals surface area contributed by atoms with E-state index in [0.29, 0.717) is 45.3 Å². The van der Waals surface area contributed by atoms with Crippen molar-refractivity contribution >= 4 is 52.7 Å². The molecule has 5 aromatic rings. The lowest BCUT2D eigenvalue weighted by Crippen LogP contribution is -2.29. The van der Waals surface area contributed by atoms with Crippen LogP contribution < -0.4 is 16.4 Å². The van der Waals surface area contributed by atoms with Crippen LogP contribution in [-0.2, 0) is 16.0 Å². The number of anilines is 2. The summed E-state index contributed by atoms with van der Waals surface area (Å²) in [5.74, 6) is -0.385. The van der Waals surface area contributed by atoms with Crippen LogP contribution >= 0.6 is 23.2 Å². The molecule has 0 saturated heterocycles. The van der Waals surface area contributed by atoms with Gasteiger partial charge >= 0.3 is 6.09 Å². The number of benzene rings is 3. The van der Waals surface area contributed by atoms with Gasteiger partial charge in [-0.25, -0.2) is 4.79 Å². The molecule has 5 rings (SSSR count). The topological polar surface area (TPSA) is 163 Å². The Labute approximate surface area is 261 Å². The van der Waals surface area contributed by atoms with E-state index in [1.807, 2.05) is 12.1 Å². The second kappa shape index (κ2) is 13.8. The molecule has 0 unspecified atom stereocenters. The van der Waals surface area contributed by atoms with Gasteiger partial charge < -0.3 is 15.8 Å². The van der Waals surface area contributed by atoms with E-state index >= 15 is 0 Å². The van der Waals surface area contributed by atoms with Crippen molar-refractivity contribution in [2.24, 2.45) is 0 Å². The SMILES string of the molecule is COC(=O)Nc1ccc(-c2cc([C@H](Cc3ccc(N)cc3)NC(=O)C=Cc3cc(Cl)ccc3-n3cnnn3)nnc2Cl)cc1. The molecule has 12 nitrogen and oxygen atoms in total. The van der Waals surface area contributed by atoms with Gasteiger partial charge in [0.1, 0.15) is 6.33 Å². The van der Waals surface area contributed by atoms with Crippen LogP contribution in [0.4, 0.5) is 16.2 Å². The van der Waals surface area contributed by atoms with Crippen molar-refractivity contribution in [3.8, 4) is 16.8 Å². The molecule has 2 heterocycles. The Bertz CT molecular complexity index is 1800. The first-order chi connectivity index (χ1) is 21.3. The molecule has 0 aliphatic heterocycles. The third-order valence-corrected chi connectivity index (χ3v) is 7.00. The number of rotatable bonds is 9. The van der Waals surface area contributed by atoms with Crippen molar-refractivity contribution in [1.82, 2.24) is 35.7 Å². The first kappa shape index (κ1) is 30.1. The molecule has 0 spiro atoms. The number of carbonyl (C=O) groups is 2. The van der Waals surface area contributed by atoms with Crippen LogP contribution in [0.15, 0.2) is 85.2 Å². The van der Waals surface area contributed by atoms with Gasteiger partial charge in [0.25, 0.3) is 0 Å². The van der Waals surface area contributed by atoms with Crippen molar-refractivity contribution in [2.45, 2.75) is 12.5 Å². The van der Waals surface area contributed by atoms with Gasteiger partial charge in [0.15, 0.2) is 5.15 Å². The van der Waals surface area contributed by atoms with Gasteiger partial charge in [-0.3, -0.25) is 10.1 Å². The molecule has 222 valence electrons. The molecule has 0 aliphatic rings. The summed E-state index contributed by atoms with van der Waals surface area (Å²) in [5.41, 5.74) is 11.0. The molecule has 0 aliphatic carbocycles. The second-order valence-electron chi connectivity index (χ2n) is 9.47. The number of nitrogen functional groups attached to an aromatic ring is 1. The maximum atomic E-state index is 13.3. The molecule has 1 atom stereocenters. The molecule has 4 N–H and O–H groups in total. The molecule has 44 heavy (non-hydrogen) atoms. The third-order valence-electron chi connectivity index (χ3n) is 6.49. The summed E-state index contributed by atoms with van der Waals surface area (Å²) in [4.78, 5) is 24.8. The standard InChI is InChI=1S/C30H25Cl2N9O3/c1-44-30(43)35-23-10-4-19(5-11-23)24-16-26(37-38-29(24)32)25(14-18-2-8-22(33)9-3-18)36-28(42)13-6-20-15-21(31)7-12-27(20)41-17-34-39-40-41/h2-13,15-17,25H,14,33H2,1H3,(H,35,43)(H,36,42)/t25-/m0/s1. The average molecular weight is 630 g/mol. The lowest BCUT2D eigenvalue weighted by atomic mass is 10.00. The fourth-order valence-electron chi connectivity index (χ4n) is 4.31. The molecule has 14 heteroatoms. The number of ether oxygens (including phenoxy) is 1. The smallest absolute Gasteiger partial charge is 0.411 e. The molecule has 0 fully saturated rings. The van der Waals surface area contributed by atoms with Gasteiger partial charge in [-0.2, -0.15) is 9.78 Å². The summed E-state index contributed by atoms with van der Waals surface area (Å²) in [6.07, 6.45) is 4.28. The van der Waals surface area contributed by atoms with Crippen LogP contribution in [0.5, 0.6) is 0 Å². The van der Waals surface area contributed by atoms with Crippen LogP contribution in [0.3, 0.4) is 0 Å². The monoisotopic (exact) mass is 629 g/mol. The van der Waals surface area contributed by atoms with Gasteiger partial charge in [0.2, 0.25) is 5.91 Å². The summed E-state index contributed by atoms with van der Waals surface area (Å²) in [6, 6.07) is 20.7. The summed E-state index contributed by atoms with van der Waals surface area (Å²) in [5, 5.41) is 26.0. The highest BCUT2D eigenvalue weighted by Crippen LogP contribution is 2.30. The van der Waals surface area contributed by atoms with Crippen LogP contribution in [0.25, 0.3) is 22.9 Å². The first-order valence-corrected chi connectivity index (χ1v) is 13.9. The number of nitrogens with two attached hydrogens (primary N) is 1. The number of hydrogen-bond acceptors (Lipinski definition) is 9. The van der Waals surface area contributed by atoms with Gasteiger partial charge in [-0.05, 0) is 82.6 Å². The van der Waals surface area contributed by atoms with Gasteiger partial charge in [0.05, 0.1) is 24.5 Å². The highest BCUT2D eigenvalue weighted by molar-refractivity contribution is 6.32. The van der Waals surface area contributed by atoms with E-state index in [1.165, 1.54) is 24.2 Å². The molecular formula is C30H25Cl2N9O3. The van der Waals surface area contributed by atoms with Crippen LogP contribution in [0.2, 0.25) is 10.2 Å². The number of methoxy groups -OCH3 is 1. The molecule has 2 amide bonds. The van der Waals surface area contributed by atoms with Crippen LogP contribution in [0.1, 0.15) is 22.9 Å². The quantitative estimate of drug-likeness (QED) is 0.145. The van der Waals surface area contributed by atoms with E-state index in [-0.39, 0.29) is 11.1 Å². The minimum Gasteiger partial charge on any atom is -0.453 e. The highest BCUT2D eigenvalue weighted by atomic mass is 35.5. The van der Waals surface area contributed by atoms with Crippen molar-refractivity contribution in [3.05, 3.63) is 112 Å². The van der Waals surface area contributed by atoms with Gasteiger partial charge in [-0.15, -0.1) is 10.2 Å². The maximum Gasteiger partial charge on any atom is 0.411 e. The Morgan fingerprint density at radius 3 is 2.50 bits per heavy atom. The zero-order valence-corrected chi connectivity index (χ0v) is 24.7. The fraction of sp³-hybridized carbons (Fsp3) is 0.100. The van der Waals surface area contributed by atoms with E-state index in [2.05, 4.69) is 41.1 Å². The Hall–Kier alpha value is -5.33. The molecular weight excluding hydrogens is 605 g/mol. The Morgan fingerprint density at radius 1 is 1.02 bits per heavy atom. The number of nitrogens with zero attached hydrogens (tertiary/aromatic N) is 6. The lowest BCUT2D eigenvalue weighted by Gasteiger charge is -2.19. The zero-order chi connectivity index (χ0) is 31.1. The van der Waals surface area contributed by atoms with Crippen LogP contribution in [0, 0.1) is 0 Å². The second-order valence-corrected chi connectivity index (χ2v) is 10.3. The summed E-state index contributed by atoms with van der Waals surface area (Å²) in [6.45, 7) is 0.